The lowest BCUT2D eigenvalue weighted by Gasteiger charge is -2.35. The van der Waals surface area contributed by atoms with Crippen LogP contribution in [0.25, 0.3) is 0 Å². The molecule has 1 N–H and O–H groups in total. The number of nitrogens with one attached hydrogen (secondary N) is 1. The van der Waals surface area contributed by atoms with Crippen LogP contribution in [0.1, 0.15) is 24.3 Å². The SMILES string of the molecule is Cc1cc(CN2CCN(C(=O)C3CCCN3)CC2)on1.Cl. The normalized spacial score (nSPS) is 23.1. The number of nitrogens with zero attached hydrogens (tertiary/aromatic N) is 3. The van der Waals surface area contributed by atoms with E-state index in [1.165, 1.54) is 0 Å². The average Bonchev–Trinajstić information content (AvgIpc) is 3.11. The van der Waals surface area contributed by atoms with Crippen molar-refractivity contribution >= 4 is 18.3 Å². The first-order chi connectivity index (χ1) is 9.72. The fourth-order valence-corrected chi connectivity index (χ4v) is 2.95. The quantitative estimate of drug-likeness (QED) is 0.894. The summed E-state index contributed by atoms with van der Waals surface area (Å²) in [7, 11) is 0. The summed E-state index contributed by atoms with van der Waals surface area (Å²) in [5.41, 5.74) is 0.918. The minimum Gasteiger partial charge on any atom is -0.360 e. The monoisotopic (exact) mass is 314 g/mol. The van der Waals surface area contributed by atoms with E-state index in [0.717, 1.165) is 63.6 Å². The van der Waals surface area contributed by atoms with Gasteiger partial charge in [0.15, 0.2) is 5.76 Å². The summed E-state index contributed by atoms with van der Waals surface area (Å²) in [5, 5.41) is 7.18. The van der Waals surface area contributed by atoms with Gasteiger partial charge in [-0.25, -0.2) is 0 Å². The molecule has 0 saturated carbocycles. The number of aromatic nitrogens is 1. The highest BCUT2D eigenvalue weighted by molar-refractivity contribution is 5.85. The summed E-state index contributed by atoms with van der Waals surface area (Å²) in [4.78, 5) is 16.6. The minimum atomic E-state index is 0. The van der Waals surface area contributed by atoms with Crippen LogP contribution in [0.2, 0.25) is 0 Å². The van der Waals surface area contributed by atoms with Gasteiger partial charge in [-0.15, -0.1) is 12.4 Å². The molecule has 0 aliphatic carbocycles. The molecule has 1 unspecified atom stereocenters. The molecule has 0 bridgehead atoms. The number of hydrogen-bond acceptors (Lipinski definition) is 5. The Kier molecular flexibility index (Phi) is 5.61. The maximum atomic E-state index is 12.3. The number of piperazine rings is 1. The van der Waals surface area contributed by atoms with Gasteiger partial charge in [0.25, 0.3) is 0 Å². The third kappa shape index (κ3) is 3.96. The summed E-state index contributed by atoms with van der Waals surface area (Å²) in [5.74, 6) is 1.18. The number of hydrogen-bond donors (Lipinski definition) is 1. The van der Waals surface area contributed by atoms with E-state index >= 15 is 0 Å². The Morgan fingerprint density at radius 2 is 2.19 bits per heavy atom. The lowest BCUT2D eigenvalue weighted by molar-refractivity contribution is -0.134. The second kappa shape index (κ2) is 7.24. The van der Waals surface area contributed by atoms with Crippen molar-refractivity contribution in [1.82, 2.24) is 20.3 Å². The van der Waals surface area contributed by atoms with Gasteiger partial charge in [-0.1, -0.05) is 5.16 Å². The number of halogens is 1. The summed E-state index contributed by atoms with van der Waals surface area (Å²) < 4.78 is 5.24. The van der Waals surface area contributed by atoms with E-state index in [4.69, 9.17) is 4.52 Å². The van der Waals surface area contributed by atoms with Gasteiger partial charge in [0.1, 0.15) is 0 Å². The zero-order chi connectivity index (χ0) is 13.9. The first-order valence-electron chi connectivity index (χ1n) is 7.39. The van der Waals surface area contributed by atoms with Gasteiger partial charge < -0.3 is 14.7 Å². The molecule has 3 rings (SSSR count). The number of rotatable bonds is 3. The molecular formula is C14H23ClN4O2. The molecular weight excluding hydrogens is 292 g/mol. The van der Waals surface area contributed by atoms with E-state index in [1.54, 1.807) is 0 Å². The molecule has 6 nitrogen and oxygen atoms in total. The second-order valence-electron chi connectivity index (χ2n) is 5.68. The van der Waals surface area contributed by atoms with Gasteiger partial charge in [0.2, 0.25) is 5.91 Å². The smallest absolute Gasteiger partial charge is 0.239 e. The zero-order valence-electron chi connectivity index (χ0n) is 12.4. The van der Waals surface area contributed by atoms with E-state index < -0.39 is 0 Å². The van der Waals surface area contributed by atoms with Crippen LogP contribution in [0.3, 0.4) is 0 Å². The molecule has 118 valence electrons. The van der Waals surface area contributed by atoms with Gasteiger partial charge in [-0.05, 0) is 26.3 Å². The van der Waals surface area contributed by atoms with Gasteiger partial charge in [-0.2, -0.15) is 0 Å². The number of carbonyl (C=O) groups is 1. The van der Waals surface area contributed by atoms with Crippen LogP contribution in [0.15, 0.2) is 10.6 Å². The Morgan fingerprint density at radius 1 is 1.43 bits per heavy atom. The largest absolute Gasteiger partial charge is 0.360 e. The maximum absolute atomic E-state index is 12.3. The molecule has 21 heavy (non-hydrogen) atoms. The molecule has 0 aromatic carbocycles. The van der Waals surface area contributed by atoms with Gasteiger partial charge in [0.05, 0.1) is 18.3 Å². The van der Waals surface area contributed by atoms with Crippen LogP contribution in [-0.2, 0) is 11.3 Å². The van der Waals surface area contributed by atoms with Crippen molar-refractivity contribution in [3.05, 3.63) is 17.5 Å². The van der Waals surface area contributed by atoms with Crippen molar-refractivity contribution in [3.63, 3.8) is 0 Å². The van der Waals surface area contributed by atoms with Crippen LogP contribution >= 0.6 is 12.4 Å². The van der Waals surface area contributed by atoms with E-state index in [2.05, 4.69) is 15.4 Å². The summed E-state index contributed by atoms with van der Waals surface area (Å²) in [6, 6.07) is 2.03. The van der Waals surface area contributed by atoms with Crippen LogP contribution in [-0.4, -0.2) is 59.6 Å². The molecule has 0 radical (unpaired) electrons. The van der Waals surface area contributed by atoms with Gasteiger partial charge in [0, 0.05) is 32.2 Å². The molecule has 1 amide bonds. The number of amides is 1. The Balaban J connectivity index is 0.00000161. The summed E-state index contributed by atoms with van der Waals surface area (Å²) in [6.07, 6.45) is 2.09. The Bertz CT molecular complexity index is 465. The Morgan fingerprint density at radius 3 is 2.76 bits per heavy atom. The number of carbonyl (C=O) groups excluding carboxylic acids is 1. The molecule has 1 atom stereocenters. The predicted molar refractivity (Wildman–Crippen MR) is 81.4 cm³/mol. The summed E-state index contributed by atoms with van der Waals surface area (Å²) in [6.45, 7) is 7.11. The van der Waals surface area contributed by atoms with E-state index in [9.17, 15) is 4.79 Å². The van der Waals surface area contributed by atoms with Crippen molar-refractivity contribution in [2.24, 2.45) is 0 Å². The van der Waals surface area contributed by atoms with Crippen LogP contribution < -0.4 is 5.32 Å². The topological polar surface area (TPSA) is 61.6 Å². The minimum absolute atomic E-state index is 0. The van der Waals surface area contributed by atoms with E-state index in [-0.39, 0.29) is 24.4 Å². The lowest BCUT2D eigenvalue weighted by atomic mass is 10.2. The molecule has 3 heterocycles. The number of aryl methyl sites for hydroxylation is 1. The fourth-order valence-electron chi connectivity index (χ4n) is 2.95. The van der Waals surface area contributed by atoms with E-state index in [0.29, 0.717) is 0 Å². The standard InChI is InChI=1S/C14H22N4O2.ClH/c1-11-9-12(20-16-11)10-17-5-7-18(8-6-17)14(19)13-3-2-4-15-13;/h9,13,15H,2-8,10H2,1H3;1H. The first-order valence-corrected chi connectivity index (χ1v) is 7.39. The third-order valence-electron chi connectivity index (χ3n) is 4.10. The van der Waals surface area contributed by atoms with Crippen LogP contribution in [0, 0.1) is 6.92 Å². The predicted octanol–water partition coefficient (Wildman–Crippen LogP) is 0.801. The molecule has 2 fully saturated rings. The van der Waals surface area contributed by atoms with Crippen molar-refractivity contribution < 1.29 is 9.32 Å². The lowest BCUT2D eigenvalue weighted by Crippen LogP contribution is -2.52. The molecule has 1 aromatic heterocycles. The van der Waals surface area contributed by atoms with Crippen molar-refractivity contribution in [1.29, 1.82) is 0 Å². The van der Waals surface area contributed by atoms with Gasteiger partial charge >= 0.3 is 0 Å². The van der Waals surface area contributed by atoms with Gasteiger partial charge in [-0.3, -0.25) is 9.69 Å². The van der Waals surface area contributed by atoms with Crippen LogP contribution in [0.4, 0.5) is 0 Å². The van der Waals surface area contributed by atoms with Crippen LogP contribution in [0.5, 0.6) is 0 Å². The maximum Gasteiger partial charge on any atom is 0.239 e. The van der Waals surface area contributed by atoms with Crippen molar-refractivity contribution in [2.75, 3.05) is 32.7 Å². The Labute approximate surface area is 131 Å². The fraction of sp³-hybridized carbons (Fsp3) is 0.714. The second-order valence-corrected chi connectivity index (χ2v) is 5.68. The third-order valence-corrected chi connectivity index (χ3v) is 4.10. The molecule has 0 spiro atoms. The summed E-state index contributed by atoms with van der Waals surface area (Å²) >= 11 is 0. The Hall–Kier alpha value is -1.11. The molecule has 2 aliphatic heterocycles. The highest BCUT2D eigenvalue weighted by Gasteiger charge is 2.29. The molecule has 2 aliphatic rings. The average molecular weight is 315 g/mol. The molecule has 1 aromatic rings. The van der Waals surface area contributed by atoms with Crippen molar-refractivity contribution in [3.8, 4) is 0 Å². The molecule has 2 saturated heterocycles. The highest BCUT2D eigenvalue weighted by atomic mass is 35.5. The molecule has 7 heteroatoms. The zero-order valence-corrected chi connectivity index (χ0v) is 13.2. The van der Waals surface area contributed by atoms with Crippen molar-refractivity contribution in [2.45, 2.75) is 32.4 Å². The first kappa shape index (κ1) is 16.3. The highest BCUT2D eigenvalue weighted by Crippen LogP contribution is 2.13. The van der Waals surface area contributed by atoms with E-state index in [1.807, 2.05) is 17.9 Å².